The third-order valence-electron chi connectivity index (χ3n) is 3.65. The molecule has 2 heterocycles. The molecule has 0 saturated carbocycles. The molecule has 0 radical (unpaired) electrons. The predicted octanol–water partition coefficient (Wildman–Crippen LogP) is 2.35. The quantitative estimate of drug-likeness (QED) is 0.811. The summed E-state index contributed by atoms with van der Waals surface area (Å²) >= 11 is 0. The molecule has 2 N–H and O–H groups in total. The van der Waals surface area contributed by atoms with Crippen molar-refractivity contribution in [2.45, 2.75) is 18.7 Å². The Morgan fingerprint density at radius 1 is 1.47 bits per heavy atom. The fourth-order valence-corrected chi connectivity index (χ4v) is 2.28. The molecule has 1 aromatic carbocycles. The van der Waals surface area contributed by atoms with Gasteiger partial charge in [-0.2, -0.15) is 5.11 Å². The van der Waals surface area contributed by atoms with Gasteiger partial charge in [0.25, 0.3) is 0 Å². The number of amides is 2. The molecule has 2 unspecified atom stereocenters. The summed E-state index contributed by atoms with van der Waals surface area (Å²) in [6.07, 6.45) is 3.00. The molecule has 2 atom stereocenters. The number of azo groups is 1. The molecule has 0 aliphatic carbocycles. The van der Waals surface area contributed by atoms with Crippen LogP contribution in [0.2, 0.25) is 0 Å². The zero-order valence-electron chi connectivity index (χ0n) is 10.7. The zero-order chi connectivity index (χ0) is 13.6. The van der Waals surface area contributed by atoms with Crippen LogP contribution in [0.25, 0.3) is 0 Å². The highest BCUT2D eigenvalue weighted by atomic mass is 16.3. The highest BCUT2D eigenvalue weighted by Gasteiger charge is 2.32. The first-order chi connectivity index (χ1) is 9.01. The maximum Gasteiger partial charge on any atom is 0.322 e. The number of benzene rings is 1. The van der Waals surface area contributed by atoms with E-state index in [2.05, 4.69) is 15.5 Å². The summed E-state index contributed by atoms with van der Waals surface area (Å²) in [6.45, 7) is 1.94. The minimum absolute atomic E-state index is 0.0605. The lowest BCUT2D eigenvalue weighted by atomic mass is 9.95. The van der Waals surface area contributed by atoms with E-state index in [-0.39, 0.29) is 12.1 Å². The van der Waals surface area contributed by atoms with Gasteiger partial charge >= 0.3 is 6.03 Å². The van der Waals surface area contributed by atoms with Gasteiger partial charge < -0.3 is 15.3 Å². The van der Waals surface area contributed by atoms with Crippen LogP contribution in [0, 0.1) is 0 Å². The molecule has 0 saturated heterocycles. The van der Waals surface area contributed by atoms with Gasteiger partial charge in [-0.1, -0.05) is 6.07 Å². The summed E-state index contributed by atoms with van der Waals surface area (Å²) in [5, 5.41) is 20.6. The second-order valence-corrected chi connectivity index (χ2v) is 4.78. The number of aliphatic hydroxyl groups is 1. The largest absolute Gasteiger partial charge is 0.361 e. The lowest BCUT2D eigenvalue weighted by Gasteiger charge is -2.33. The molecule has 6 nitrogen and oxygen atoms in total. The maximum absolute atomic E-state index is 11.7. The Balaban J connectivity index is 2.07. The number of hydrogen-bond acceptors (Lipinski definition) is 4. The van der Waals surface area contributed by atoms with Gasteiger partial charge in [0.1, 0.15) is 0 Å². The van der Waals surface area contributed by atoms with E-state index >= 15 is 0 Å². The van der Waals surface area contributed by atoms with E-state index in [0.717, 1.165) is 11.3 Å². The third kappa shape index (κ3) is 1.72. The standard InChI is InChI=1S/C13H14N4O2/c1-8-10-7-9(13(19)5-6-14-16-13)3-4-11(10)15-12(18)17(8)2/h3-8,19H,1-2H3,(H,15,18). The number of hydrogen-bond donors (Lipinski definition) is 2. The molecule has 2 aliphatic heterocycles. The van der Waals surface area contributed by atoms with E-state index in [0.29, 0.717) is 5.56 Å². The Hall–Kier alpha value is -2.21. The fourth-order valence-electron chi connectivity index (χ4n) is 2.28. The van der Waals surface area contributed by atoms with Gasteiger partial charge in [0.05, 0.1) is 12.2 Å². The predicted molar refractivity (Wildman–Crippen MR) is 69.5 cm³/mol. The van der Waals surface area contributed by atoms with E-state index in [1.54, 1.807) is 24.1 Å². The van der Waals surface area contributed by atoms with Crippen molar-refractivity contribution in [3.8, 4) is 0 Å². The smallest absolute Gasteiger partial charge is 0.322 e. The van der Waals surface area contributed by atoms with Crippen molar-refractivity contribution in [2.75, 3.05) is 12.4 Å². The van der Waals surface area contributed by atoms with Crippen molar-refractivity contribution < 1.29 is 9.90 Å². The summed E-state index contributed by atoms with van der Waals surface area (Å²) < 4.78 is 0. The lowest BCUT2D eigenvalue weighted by molar-refractivity contribution is 0.0977. The summed E-state index contributed by atoms with van der Waals surface area (Å²) in [6, 6.07) is 5.18. The van der Waals surface area contributed by atoms with Gasteiger partial charge in [-0.15, -0.1) is 5.11 Å². The van der Waals surface area contributed by atoms with Crippen LogP contribution in [0.15, 0.2) is 40.7 Å². The Labute approximate surface area is 110 Å². The SMILES string of the molecule is CC1c2cc(C3(O)C=CN=N3)ccc2NC(=O)N1C. The van der Waals surface area contributed by atoms with Crippen LogP contribution in [0.1, 0.15) is 24.1 Å². The van der Waals surface area contributed by atoms with E-state index in [9.17, 15) is 9.90 Å². The summed E-state index contributed by atoms with van der Waals surface area (Å²) in [4.78, 5) is 13.3. The van der Waals surface area contributed by atoms with Gasteiger partial charge in [0.2, 0.25) is 5.72 Å². The van der Waals surface area contributed by atoms with Gasteiger partial charge in [-0.3, -0.25) is 0 Å². The molecule has 3 rings (SSSR count). The second kappa shape index (κ2) is 3.89. The van der Waals surface area contributed by atoms with E-state index in [1.807, 2.05) is 13.0 Å². The zero-order valence-corrected chi connectivity index (χ0v) is 10.7. The average molecular weight is 258 g/mol. The highest BCUT2D eigenvalue weighted by Crippen LogP contribution is 2.36. The van der Waals surface area contributed by atoms with E-state index < -0.39 is 5.72 Å². The first kappa shape index (κ1) is 11.9. The van der Waals surface area contributed by atoms with Gasteiger partial charge in [0.15, 0.2) is 0 Å². The number of urea groups is 1. The molecule has 1 aromatic rings. The van der Waals surface area contributed by atoms with Gasteiger partial charge in [0, 0.05) is 18.3 Å². The highest BCUT2D eigenvalue weighted by molar-refractivity contribution is 5.92. The van der Waals surface area contributed by atoms with Crippen molar-refractivity contribution in [1.29, 1.82) is 0 Å². The van der Waals surface area contributed by atoms with Gasteiger partial charge in [-0.25, -0.2) is 4.79 Å². The number of nitrogens with zero attached hydrogens (tertiary/aromatic N) is 3. The number of rotatable bonds is 1. The van der Waals surface area contributed by atoms with Crippen molar-refractivity contribution >= 4 is 11.7 Å². The van der Waals surface area contributed by atoms with Crippen molar-refractivity contribution in [2.24, 2.45) is 10.2 Å². The first-order valence-corrected chi connectivity index (χ1v) is 6.01. The Bertz CT molecular complexity index is 597. The normalized spacial score (nSPS) is 28.5. The molecule has 19 heavy (non-hydrogen) atoms. The molecule has 2 aliphatic rings. The van der Waals surface area contributed by atoms with Crippen LogP contribution in [-0.2, 0) is 5.72 Å². The fraction of sp³-hybridized carbons (Fsp3) is 0.308. The lowest BCUT2D eigenvalue weighted by Crippen LogP contribution is -2.38. The topological polar surface area (TPSA) is 77.3 Å². The Morgan fingerprint density at radius 2 is 2.26 bits per heavy atom. The van der Waals surface area contributed by atoms with Gasteiger partial charge in [-0.05, 0) is 30.7 Å². The first-order valence-electron chi connectivity index (χ1n) is 6.01. The molecule has 6 heteroatoms. The van der Waals surface area contributed by atoms with Crippen LogP contribution in [0.3, 0.4) is 0 Å². The van der Waals surface area contributed by atoms with Crippen molar-refractivity contribution in [1.82, 2.24) is 4.90 Å². The third-order valence-corrected chi connectivity index (χ3v) is 3.65. The Morgan fingerprint density at radius 3 is 2.95 bits per heavy atom. The summed E-state index contributed by atoms with van der Waals surface area (Å²) in [7, 11) is 1.74. The average Bonchev–Trinajstić information content (AvgIpc) is 2.84. The van der Waals surface area contributed by atoms with E-state index in [1.165, 1.54) is 12.3 Å². The number of carbonyl (C=O) groups excluding carboxylic acids is 1. The molecule has 0 bridgehead atoms. The molecule has 0 aromatic heterocycles. The van der Waals surface area contributed by atoms with Crippen LogP contribution in [-0.4, -0.2) is 23.1 Å². The van der Waals surface area contributed by atoms with Crippen LogP contribution in [0.5, 0.6) is 0 Å². The number of carbonyl (C=O) groups is 1. The number of fused-ring (bicyclic) bond motifs is 1. The molecule has 0 fully saturated rings. The Kier molecular flexibility index (Phi) is 2.43. The van der Waals surface area contributed by atoms with Crippen LogP contribution < -0.4 is 5.32 Å². The van der Waals surface area contributed by atoms with Crippen molar-refractivity contribution in [3.63, 3.8) is 0 Å². The molecular formula is C13H14N4O2. The molecular weight excluding hydrogens is 244 g/mol. The second-order valence-electron chi connectivity index (χ2n) is 4.78. The summed E-state index contributed by atoms with van der Waals surface area (Å²) in [5.41, 5.74) is 0.958. The molecule has 98 valence electrons. The van der Waals surface area contributed by atoms with Crippen LogP contribution >= 0.6 is 0 Å². The molecule has 2 amide bonds. The minimum Gasteiger partial charge on any atom is -0.361 e. The summed E-state index contributed by atoms with van der Waals surface area (Å²) in [5.74, 6) is 0. The monoisotopic (exact) mass is 258 g/mol. The maximum atomic E-state index is 11.7. The minimum atomic E-state index is -1.39. The van der Waals surface area contributed by atoms with Crippen LogP contribution in [0.4, 0.5) is 10.5 Å². The number of nitrogens with one attached hydrogen (secondary N) is 1. The van der Waals surface area contributed by atoms with E-state index in [4.69, 9.17) is 0 Å². The number of anilines is 1. The van der Waals surface area contributed by atoms with Crippen molar-refractivity contribution in [3.05, 3.63) is 41.6 Å². The molecule has 0 spiro atoms.